The summed E-state index contributed by atoms with van der Waals surface area (Å²) in [6.07, 6.45) is 0. The molecule has 2 aromatic carbocycles. The van der Waals surface area contributed by atoms with Gasteiger partial charge in [-0.15, -0.1) is 0 Å². The molecule has 0 fully saturated rings. The van der Waals surface area contributed by atoms with Crippen LogP contribution in [0.4, 0.5) is 10.1 Å². The van der Waals surface area contributed by atoms with Crippen molar-refractivity contribution in [3.05, 3.63) is 63.3 Å². The van der Waals surface area contributed by atoms with Crippen molar-refractivity contribution >= 4 is 33.2 Å². The van der Waals surface area contributed by atoms with Gasteiger partial charge in [0.2, 0.25) is 0 Å². The zero-order valence-corrected chi connectivity index (χ0v) is 12.2. The van der Waals surface area contributed by atoms with Crippen LogP contribution in [-0.2, 0) is 0 Å². The molecule has 2 nitrogen and oxygen atoms in total. The molecule has 0 amide bonds. The Hall–Kier alpha value is -1.10. The number of benzene rings is 2. The maximum Gasteiger partial charge on any atom is 0.125 e. The number of hydrogen-bond donors (Lipinski definition) is 2. The normalized spacial score (nSPS) is 12.2. The molecule has 1 unspecified atom stereocenters. The highest BCUT2D eigenvalue weighted by molar-refractivity contribution is 9.10. The Balaban J connectivity index is 2.28. The lowest BCUT2D eigenvalue weighted by Crippen LogP contribution is -2.15. The second-order valence-electron chi connectivity index (χ2n) is 4.06. The van der Waals surface area contributed by atoms with Gasteiger partial charge in [0.15, 0.2) is 0 Å². The Morgan fingerprint density at radius 3 is 2.63 bits per heavy atom. The lowest BCUT2D eigenvalue weighted by atomic mass is 10.1. The smallest absolute Gasteiger partial charge is 0.125 e. The molecule has 0 saturated carbocycles. The van der Waals surface area contributed by atoms with Gasteiger partial charge in [0.05, 0.1) is 12.6 Å². The first-order valence-corrected chi connectivity index (χ1v) is 6.85. The van der Waals surface area contributed by atoms with Crippen molar-refractivity contribution in [3.63, 3.8) is 0 Å². The van der Waals surface area contributed by atoms with Gasteiger partial charge in [-0.05, 0) is 51.8 Å². The molecule has 19 heavy (non-hydrogen) atoms. The molecule has 0 aromatic heterocycles. The van der Waals surface area contributed by atoms with Crippen LogP contribution < -0.4 is 5.32 Å². The molecule has 0 heterocycles. The minimum atomic E-state index is -0.424. The lowest BCUT2D eigenvalue weighted by Gasteiger charge is -2.19. The molecule has 0 radical (unpaired) electrons. The van der Waals surface area contributed by atoms with Crippen LogP contribution in [0.3, 0.4) is 0 Å². The number of aliphatic hydroxyl groups is 1. The summed E-state index contributed by atoms with van der Waals surface area (Å²) in [5.41, 5.74) is 1.42. The summed E-state index contributed by atoms with van der Waals surface area (Å²) < 4.78 is 14.2. The summed E-state index contributed by atoms with van der Waals surface area (Å²) in [5.74, 6) is -0.421. The average Bonchev–Trinajstić information content (AvgIpc) is 2.36. The van der Waals surface area contributed by atoms with Crippen LogP contribution in [0.5, 0.6) is 0 Å². The zero-order chi connectivity index (χ0) is 13.8. The third kappa shape index (κ3) is 3.69. The van der Waals surface area contributed by atoms with Crippen LogP contribution in [0.2, 0.25) is 5.02 Å². The van der Waals surface area contributed by atoms with E-state index in [-0.39, 0.29) is 6.61 Å². The maximum atomic E-state index is 13.3. The van der Waals surface area contributed by atoms with Crippen LogP contribution in [-0.4, -0.2) is 11.7 Å². The van der Waals surface area contributed by atoms with Crippen LogP contribution >= 0.6 is 27.5 Å². The fourth-order valence-corrected chi connectivity index (χ4v) is 2.41. The van der Waals surface area contributed by atoms with Gasteiger partial charge >= 0.3 is 0 Å². The minimum absolute atomic E-state index is 0.166. The molecular formula is C14H12BrClFNO. The van der Waals surface area contributed by atoms with Gasteiger partial charge in [-0.1, -0.05) is 23.7 Å². The van der Waals surface area contributed by atoms with Crippen molar-refractivity contribution in [1.82, 2.24) is 0 Å². The average molecular weight is 345 g/mol. The fraction of sp³-hybridized carbons (Fsp3) is 0.143. The zero-order valence-electron chi connectivity index (χ0n) is 9.91. The highest BCUT2D eigenvalue weighted by Crippen LogP contribution is 2.27. The van der Waals surface area contributed by atoms with E-state index in [4.69, 9.17) is 11.6 Å². The van der Waals surface area contributed by atoms with E-state index in [1.807, 2.05) is 24.3 Å². The molecule has 0 aliphatic rings. The monoisotopic (exact) mass is 343 g/mol. The molecule has 2 N–H and O–H groups in total. The largest absolute Gasteiger partial charge is 0.394 e. The fourth-order valence-electron chi connectivity index (χ4n) is 1.78. The molecule has 100 valence electrons. The van der Waals surface area contributed by atoms with Crippen molar-refractivity contribution in [1.29, 1.82) is 0 Å². The van der Waals surface area contributed by atoms with E-state index in [0.717, 1.165) is 10.2 Å². The predicted molar refractivity (Wildman–Crippen MR) is 79.0 cm³/mol. The number of nitrogens with one attached hydrogen (secondary N) is 1. The van der Waals surface area contributed by atoms with Crippen LogP contribution in [0.25, 0.3) is 0 Å². The molecular weight excluding hydrogens is 333 g/mol. The van der Waals surface area contributed by atoms with Crippen LogP contribution in [0.15, 0.2) is 46.9 Å². The second-order valence-corrected chi connectivity index (χ2v) is 5.35. The van der Waals surface area contributed by atoms with Crippen molar-refractivity contribution < 1.29 is 9.50 Å². The molecule has 2 aromatic rings. The molecule has 2 rings (SSSR count). The summed E-state index contributed by atoms with van der Waals surface area (Å²) in [5, 5.41) is 12.9. The Morgan fingerprint density at radius 2 is 2.00 bits per heavy atom. The summed E-state index contributed by atoms with van der Waals surface area (Å²) in [6, 6.07) is 11.3. The predicted octanol–water partition coefficient (Wildman–Crippen LogP) is 4.39. The highest BCUT2D eigenvalue weighted by Gasteiger charge is 2.13. The van der Waals surface area contributed by atoms with E-state index in [1.54, 1.807) is 6.07 Å². The topological polar surface area (TPSA) is 32.3 Å². The summed E-state index contributed by atoms with van der Waals surface area (Å²) in [7, 11) is 0. The number of aliphatic hydroxyl groups excluding tert-OH is 1. The maximum absolute atomic E-state index is 13.3. The van der Waals surface area contributed by atoms with Gasteiger partial charge in [0.1, 0.15) is 5.82 Å². The van der Waals surface area contributed by atoms with Crippen molar-refractivity contribution in [2.75, 3.05) is 11.9 Å². The summed E-state index contributed by atoms with van der Waals surface area (Å²) >= 11 is 9.24. The van der Waals surface area contributed by atoms with Crippen molar-refractivity contribution in [3.8, 4) is 0 Å². The van der Waals surface area contributed by atoms with Gasteiger partial charge < -0.3 is 10.4 Å². The number of rotatable bonds is 4. The van der Waals surface area contributed by atoms with E-state index >= 15 is 0 Å². The van der Waals surface area contributed by atoms with Gasteiger partial charge in [0, 0.05) is 15.2 Å². The SMILES string of the molecule is OCC(Nc1ccccc1Br)c1cc(F)cc(Cl)c1. The Morgan fingerprint density at radius 1 is 1.26 bits per heavy atom. The first kappa shape index (κ1) is 14.3. The summed E-state index contributed by atoms with van der Waals surface area (Å²) in [6.45, 7) is -0.166. The molecule has 0 spiro atoms. The lowest BCUT2D eigenvalue weighted by molar-refractivity contribution is 0.276. The van der Waals surface area contributed by atoms with Gasteiger partial charge in [-0.2, -0.15) is 0 Å². The molecule has 0 saturated heterocycles. The number of hydrogen-bond acceptors (Lipinski definition) is 2. The van der Waals surface area contributed by atoms with Gasteiger partial charge in [0.25, 0.3) is 0 Å². The standard InChI is InChI=1S/C14H12BrClFNO/c15-12-3-1-2-4-13(12)18-14(8-19)9-5-10(16)7-11(17)6-9/h1-7,14,18-19H,8H2. The Kier molecular flexibility index (Phi) is 4.80. The molecule has 1 atom stereocenters. The third-order valence-corrected chi connectivity index (χ3v) is 3.58. The van der Waals surface area contributed by atoms with Crippen molar-refractivity contribution in [2.45, 2.75) is 6.04 Å². The second kappa shape index (κ2) is 6.37. The first-order valence-electron chi connectivity index (χ1n) is 5.68. The molecule has 0 bridgehead atoms. The quantitative estimate of drug-likeness (QED) is 0.862. The van der Waals surface area contributed by atoms with E-state index in [0.29, 0.717) is 10.6 Å². The first-order chi connectivity index (χ1) is 9.10. The molecule has 5 heteroatoms. The molecule has 0 aliphatic carbocycles. The van der Waals surface area contributed by atoms with Crippen LogP contribution in [0, 0.1) is 5.82 Å². The van der Waals surface area contributed by atoms with Gasteiger partial charge in [-0.25, -0.2) is 4.39 Å². The van der Waals surface area contributed by atoms with Crippen LogP contribution in [0.1, 0.15) is 11.6 Å². The van der Waals surface area contributed by atoms with E-state index in [2.05, 4.69) is 21.2 Å². The Labute approximate surface area is 124 Å². The summed E-state index contributed by atoms with van der Waals surface area (Å²) in [4.78, 5) is 0. The molecule has 0 aliphatic heterocycles. The number of anilines is 1. The number of halogens is 3. The minimum Gasteiger partial charge on any atom is -0.394 e. The Bertz CT molecular complexity index is 559. The van der Waals surface area contributed by atoms with E-state index in [9.17, 15) is 9.50 Å². The third-order valence-electron chi connectivity index (χ3n) is 2.67. The van der Waals surface area contributed by atoms with Gasteiger partial charge in [-0.3, -0.25) is 0 Å². The van der Waals surface area contributed by atoms with E-state index < -0.39 is 11.9 Å². The highest BCUT2D eigenvalue weighted by atomic mass is 79.9. The van der Waals surface area contributed by atoms with Crippen molar-refractivity contribution in [2.24, 2.45) is 0 Å². The van der Waals surface area contributed by atoms with E-state index in [1.165, 1.54) is 12.1 Å². The number of para-hydroxylation sites is 1.